The first kappa shape index (κ1) is 17.5. The van der Waals surface area contributed by atoms with Gasteiger partial charge < -0.3 is 15.2 Å². The Labute approximate surface area is 138 Å². The molecule has 0 aromatic heterocycles. The first-order valence-electron chi connectivity index (χ1n) is 5.84. The molecule has 0 aliphatic carbocycles. The molecule has 0 heterocycles. The minimum Gasteiger partial charge on any atom is -0.481 e. The van der Waals surface area contributed by atoms with Gasteiger partial charge in [-0.3, -0.25) is 4.79 Å². The standard InChI is InChI=1S/C14H13Br2NO4/c1-2-5-17-12(18)8-21-14-10(15)6-9(7-11(14)16)3-4-13(19)20/h2-4,6-7H,1,5,8H2,(H,17,18)(H,19,20)/b4-3+. The van der Waals surface area contributed by atoms with E-state index in [1.54, 1.807) is 18.2 Å². The fourth-order valence-corrected chi connectivity index (χ4v) is 2.81. The lowest BCUT2D eigenvalue weighted by molar-refractivity contribution is -0.131. The number of hydrogen-bond donors (Lipinski definition) is 2. The number of carbonyl (C=O) groups excluding carboxylic acids is 1. The number of rotatable bonds is 7. The van der Waals surface area contributed by atoms with Crippen LogP contribution >= 0.6 is 31.9 Å². The van der Waals surface area contributed by atoms with Gasteiger partial charge in [0.05, 0.1) is 8.95 Å². The Morgan fingerprint density at radius 1 is 1.33 bits per heavy atom. The third-order valence-electron chi connectivity index (χ3n) is 2.23. The normalized spacial score (nSPS) is 10.4. The minimum absolute atomic E-state index is 0.130. The fraction of sp³-hybridized carbons (Fsp3) is 0.143. The smallest absolute Gasteiger partial charge is 0.328 e. The maximum absolute atomic E-state index is 11.5. The van der Waals surface area contributed by atoms with Crippen LogP contribution in [-0.2, 0) is 9.59 Å². The highest BCUT2D eigenvalue weighted by molar-refractivity contribution is 9.11. The second kappa shape index (κ2) is 8.63. The van der Waals surface area contributed by atoms with Crippen molar-refractivity contribution in [2.24, 2.45) is 0 Å². The average molecular weight is 419 g/mol. The van der Waals surface area contributed by atoms with Gasteiger partial charge in [0.1, 0.15) is 5.75 Å². The van der Waals surface area contributed by atoms with Gasteiger partial charge in [-0.1, -0.05) is 6.08 Å². The van der Waals surface area contributed by atoms with Gasteiger partial charge >= 0.3 is 5.97 Å². The van der Waals surface area contributed by atoms with Crippen molar-refractivity contribution >= 4 is 49.8 Å². The molecule has 1 aromatic rings. The summed E-state index contributed by atoms with van der Waals surface area (Å²) in [7, 11) is 0. The van der Waals surface area contributed by atoms with E-state index in [2.05, 4.69) is 43.8 Å². The Hall–Kier alpha value is -1.60. The van der Waals surface area contributed by atoms with Crippen LogP contribution in [0.3, 0.4) is 0 Å². The van der Waals surface area contributed by atoms with Crippen molar-refractivity contribution in [2.45, 2.75) is 0 Å². The molecule has 0 radical (unpaired) electrons. The molecular weight excluding hydrogens is 406 g/mol. The molecule has 0 saturated carbocycles. The summed E-state index contributed by atoms with van der Waals surface area (Å²) in [6.45, 7) is 3.75. The molecule has 5 nitrogen and oxygen atoms in total. The van der Waals surface area contributed by atoms with Crippen molar-refractivity contribution in [3.8, 4) is 5.75 Å². The fourth-order valence-electron chi connectivity index (χ4n) is 1.36. The lowest BCUT2D eigenvalue weighted by Crippen LogP contribution is -2.28. The zero-order valence-electron chi connectivity index (χ0n) is 10.9. The van der Waals surface area contributed by atoms with Crippen molar-refractivity contribution in [2.75, 3.05) is 13.2 Å². The van der Waals surface area contributed by atoms with Gasteiger partial charge in [-0.25, -0.2) is 4.79 Å². The highest BCUT2D eigenvalue weighted by Gasteiger charge is 2.10. The Morgan fingerprint density at radius 3 is 2.48 bits per heavy atom. The predicted octanol–water partition coefficient (Wildman–Crippen LogP) is 2.99. The molecular formula is C14H13Br2NO4. The molecule has 0 fully saturated rings. The summed E-state index contributed by atoms with van der Waals surface area (Å²) >= 11 is 6.65. The van der Waals surface area contributed by atoms with Crippen LogP contribution < -0.4 is 10.1 Å². The summed E-state index contributed by atoms with van der Waals surface area (Å²) in [4.78, 5) is 21.9. The Bertz CT molecular complexity index is 561. The van der Waals surface area contributed by atoms with E-state index in [1.165, 1.54) is 6.08 Å². The van der Waals surface area contributed by atoms with Crippen molar-refractivity contribution in [3.05, 3.63) is 45.4 Å². The number of carboxylic acid groups (broad SMARTS) is 1. The number of carbonyl (C=O) groups is 2. The SMILES string of the molecule is C=CCNC(=O)COc1c(Br)cc(/C=C/C(=O)O)cc1Br. The van der Waals surface area contributed by atoms with Crippen molar-refractivity contribution in [3.63, 3.8) is 0 Å². The lowest BCUT2D eigenvalue weighted by Gasteiger charge is -2.11. The molecule has 0 unspecified atom stereocenters. The number of halogens is 2. The van der Waals surface area contributed by atoms with Crippen molar-refractivity contribution in [1.29, 1.82) is 0 Å². The van der Waals surface area contributed by atoms with Crippen LogP contribution in [-0.4, -0.2) is 30.1 Å². The van der Waals surface area contributed by atoms with Gasteiger partial charge in [0.25, 0.3) is 5.91 Å². The van der Waals surface area contributed by atoms with E-state index in [0.717, 1.165) is 6.08 Å². The van der Waals surface area contributed by atoms with E-state index in [0.29, 0.717) is 26.8 Å². The van der Waals surface area contributed by atoms with Crippen LogP contribution in [0.5, 0.6) is 5.75 Å². The Kier molecular flexibility index (Phi) is 7.18. The number of amides is 1. The number of ether oxygens (including phenoxy) is 1. The van der Waals surface area contributed by atoms with Gasteiger partial charge in [-0.05, 0) is 55.6 Å². The zero-order chi connectivity index (χ0) is 15.8. The first-order valence-corrected chi connectivity index (χ1v) is 7.43. The summed E-state index contributed by atoms with van der Waals surface area (Å²) in [6, 6.07) is 3.39. The van der Waals surface area contributed by atoms with Crippen LogP contribution in [0.1, 0.15) is 5.56 Å². The second-order valence-electron chi connectivity index (χ2n) is 3.87. The monoisotopic (exact) mass is 417 g/mol. The lowest BCUT2D eigenvalue weighted by atomic mass is 10.2. The predicted molar refractivity (Wildman–Crippen MR) is 87.2 cm³/mol. The molecule has 0 spiro atoms. The van der Waals surface area contributed by atoms with Gasteiger partial charge in [0.15, 0.2) is 6.61 Å². The Balaban J connectivity index is 2.78. The molecule has 1 rings (SSSR count). The molecule has 1 amide bonds. The van der Waals surface area contributed by atoms with Crippen LogP contribution in [0.2, 0.25) is 0 Å². The van der Waals surface area contributed by atoms with Crippen LogP contribution in [0.4, 0.5) is 0 Å². The number of hydrogen-bond acceptors (Lipinski definition) is 3. The van der Waals surface area contributed by atoms with Crippen molar-refractivity contribution in [1.82, 2.24) is 5.32 Å². The molecule has 2 N–H and O–H groups in total. The zero-order valence-corrected chi connectivity index (χ0v) is 14.1. The molecule has 0 atom stereocenters. The maximum Gasteiger partial charge on any atom is 0.328 e. The summed E-state index contributed by atoms with van der Waals surface area (Å²) in [5, 5.41) is 11.2. The minimum atomic E-state index is -1.03. The van der Waals surface area contributed by atoms with E-state index in [4.69, 9.17) is 9.84 Å². The van der Waals surface area contributed by atoms with E-state index < -0.39 is 5.97 Å². The van der Waals surface area contributed by atoms with E-state index >= 15 is 0 Å². The van der Waals surface area contributed by atoms with Crippen LogP contribution in [0.15, 0.2) is 39.8 Å². The van der Waals surface area contributed by atoms with E-state index in [-0.39, 0.29) is 12.5 Å². The molecule has 112 valence electrons. The number of benzene rings is 1. The second-order valence-corrected chi connectivity index (χ2v) is 5.58. The largest absolute Gasteiger partial charge is 0.481 e. The van der Waals surface area contributed by atoms with Gasteiger partial charge in [0, 0.05) is 12.6 Å². The average Bonchev–Trinajstić information content (AvgIpc) is 2.41. The molecule has 0 bridgehead atoms. The quantitative estimate of drug-likeness (QED) is 0.527. The highest BCUT2D eigenvalue weighted by atomic mass is 79.9. The summed E-state index contributed by atoms with van der Waals surface area (Å²) in [6.07, 6.45) is 4.07. The third kappa shape index (κ3) is 6.14. The molecule has 1 aromatic carbocycles. The number of aliphatic carboxylic acids is 1. The molecule has 21 heavy (non-hydrogen) atoms. The summed E-state index contributed by atoms with van der Waals surface area (Å²) in [5.74, 6) is -0.818. The highest BCUT2D eigenvalue weighted by Crippen LogP contribution is 2.35. The van der Waals surface area contributed by atoms with Gasteiger partial charge in [0.2, 0.25) is 0 Å². The Morgan fingerprint density at radius 2 is 1.95 bits per heavy atom. The number of carboxylic acids is 1. The van der Waals surface area contributed by atoms with Crippen molar-refractivity contribution < 1.29 is 19.4 Å². The van der Waals surface area contributed by atoms with Gasteiger partial charge in [-0.15, -0.1) is 6.58 Å². The van der Waals surface area contributed by atoms with E-state index in [1.807, 2.05) is 0 Å². The van der Waals surface area contributed by atoms with Gasteiger partial charge in [-0.2, -0.15) is 0 Å². The topological polar surface area (TPSA) is 75.6 Å². The summed E-state index contributed by atoms with van der Waals surface area (Å²) < 4.78 is 6.65. The van der Waals surface area contributed by atoms with Crippen LogP contribution in [0, 0.1) is 0 Å². The van der Waals surface area contributed by atoms with E-state index in [9.17, 15) is 9.59 Å². The molecule has 0 saturated heterocycles. The molecule has 7 heteroatoms. The third-order valence-corrected chi connectivity index (χ3v) is 3.41. The summed E-state index contributed by atoms with van der Waals surface area (Å²) in [5.41, 5.74) is 0.680. The molecule has 0 aliphatic heterocycles. The molecule has 0 aliphatic rings. The number of nitrogens with one attached hydrogen (secondary N) is 1. The first-order chi connectivity index (χ1) is 9.93. The maximum atomic E-state index is 11.5. The van der Waals surface area contributed by atoms with Crippen LogP contribution in [0.25, 0.3) is 6.08 Å².